The van der Waals surface area contributed by atoms with Crippen LogP contribution in [0.2, 0.25) is 0 Å². The van der Waals surface area contributed by atoms with E-state index in [0.717, 1.165) is 67.0 Å². The average Bonchev–Trinajstić information content (AvgIpc) is 3.60. The lowest BCUT2D eigenvalue weighted by Crippen LogP contribution is -2.48. The number of nitrogens with zero attached hydrogens (tertiary/aromatic N) is 4. The first kappa shape index (κ1) is 25.6. The molecule has 0 bridgehead atoms. The van der Waals surface area contributed by atoms with Gasteiger partial charge in [0.25, 0.3) is 0 Å². The molecule has 2 fully saturated rings. The number of benzene rings is 2. The molecule has 1 unspecified atom stereocenters. The van der Waals surface area contributed by atoms with Gasteiger partial charge in [-0.3, -0.25) is 10.00 Å². The van der Waals surface area contributed by atoms with Gasteiger partial charge >= 0.3 is 0 Å². The zero-order chi connectivity index (χ0) is 25.9. The summed E-state index contributed by atoms with van der Waals surface area (Å²) in [6, 6.07) is 12.9. The Kier molecular flexibility index (Phi) is 7.83. The van der Waals surface area contributed by atoms with Crippen LogP contribution in [-0.4, -0.2) is 69.4 Å². The highest BCUT2D eigenvalue weighted by Crippen LogP contribution is 2.37. The summed E-state index contributed by atoms with van der Waals surface area (Å²) in [5.74, 6) is 0.391. The Morgan fingerprint density at radius 2 is 1.76 bits per heavy atom. The van der Waals surface area contributed by atoms with Crippen molar-refractivity contribution in [3.05, 3.63) is 70.7 Å². The Hall–Kier alpha value is -2.65. The van der Waals surface area contributed by atoms with Gasteiger partial charge in [0.05, 0.1) is 27.0 Å². The molecular formula is C30H36FN5OS. The van der Waals surface area contributed by atoms with Crippen LogP contribution in [0.5, 0.6) is 0 Å². The van der Waals surface area contributed by atoms with Gasteiger partial charge in [-0.1, -0.05) is 37.5 Å². The van der Waals surface area contributed by atoms with Gasteiger partial charge in [-0.05, 0) is 48.2 Å². The van der Waals surface area contributed by atoms with Gasteiger partial charge in [0.2, 0.25) is 0 Å². The largest absolute Gasteiger partial charge is 0.387 e. The minimum Gasteiger partial charge on any atom is -0.387 e. The van der Waals surface area contributed by atoms with Crippen LogP contribution < -0.4 is 0 Å². The first-order chi connectivity index (χ1) is 18.6. The highest BCUT2D eigenvalue weighted by Gasteiger charge is 2.22. The number of nitrogens with one attached hydrogen (secondary N) is 1. The third-order valence-electron chi connectivity index (χ3n) is 8.20. The predicted molar refractivity (Wildman–Crippen MR) is 151 cm³/mol. The minimum atomic E-state index is -0.506. The molecule has 0 amide bonds. The zero-order valence-corrected chi connectivity index (χ0v) is 22.6. The maximum Gasteiger partial charge on any atom is 0.123 e. The van der Waals surface area contributed by atoms with E-state index in [2.05, 4.69) is 38.2 Å². The molecular weight excluding hydrogens is 497 g/mol. The van der Waals surface area contributed by atoms with Gasteiger partial charge in [0.15, 0.2) is 0 Å². The van der Waals surface area contributed by atoms with Crippen LogP contribution in [0.25, 0.3) is 21.3 Å². The second-order valence-corrected chi connectivity index (χ2v) is 11.8. The topological polar surface area (TPSA) is 68.3 Å². The molecule has 2 N–H and O–H groups in total. The Morgan fingerprint density at radius 3 is 2.55 bits per heavy atom. The van der Waals surface area contributed by atoms with Crippen LogP contribution in [0.4, 0.5) is 4.39 Å². The van der Waals surface area contributed by atoms with Crippen molar-refractivity contribution in [3.8, 4) is 11.1 Å². The standard InChI is InChI=1S/C30H36FN5OS/c31-24-9-6-21(7-10-24)25-19-32-34-26(25)12-13-35-14-16-36(17-15-35)20-28(37)23-8-11-29-27(18-23)33-30(38-29)22-4-2-1-3-5-22/h6-11,18-19,22,28,37H,1-5,12-17,20H2,(H,32,34). The van der Waals surface area contributed by atoms with E-state index in [4.69, 9.17) is 4.98 Å². The molecule has 1 saturated heterocycles. The molecule has 1 aliphatic heterocycles. The van der Waals surface area contributed by atoms with E-state index in [9.17, 15) is 9.50 Å². The normalized spacial score (nSPS) is 18.8. The molecule has 0 spiro atoms. The molecule has 200 valence electrons. The predicted octanol–water partition coefficient (Wildman–Crippen LogP) is 5.77. The van der Waals surface area contributed by atoms with Crippen LogP contribution in [0.15, 0.2) is 48.7 Å². The number of β-amino-alcohol motifs (C(OH)–C–C–N with tert-alkyl or cyclic N) is 1. The maximum atomic E-state index is 13.3. The number of aromatic amines is 1. The van der Waals surface area contributed by atoms with Crippen molar-refractivity contribution >= 4 is 21.6 Å². The molecule has 4 aromatic rings. The van der Waals surface area contributed by atoms with E-state index < -0.39 is 6.10 Å². The Bertz CT molecular complexity index is 1340. The second-order valence-electron chi connectivity index (χ2n) is 10.8. The highest BCUT2D eigenvalue weighted by atomic mass is 32.1. The van der Waals surface area contributed by atoms with Crippen molar-refractivity contribution in [1.82, 2.24) is 25.0 Å². The number of piperazine rings is 1. The van der Waals surface area contributed by atoms with Gasteiger partial charge in [-0.2, -0.15) is 5.10 Å². The number of hydrogen-bond acceptors (Lipinski definition) is 6. The van der Waals surface area contributed by atoms with Crippen LogP contribution in [-0.2, 0) is 6.42 Å². The van der Waals surface area contributed by atoms with Crippen molar-refractivity contribution in [2.24, 2.45) is 0 Å². The first-order valence-corrected chi connectivity index (χ1v) is 14.8. The van der Waals surface area contributed by atoms with Crippen molar-refractivity contribution in [2.45, 2.75) is 50.5 Å². The molecule has 38 heavy (non-hydrogen) atoms. The van der Waals surface area contributed by atoms with E-state index in [0.29, 0.717) is 12.5 Å². The Morgan fingerprint density at radius 1 is 1.00 bits per heavy atom. The number of rotatable bonds is 8. The molecule has 6 rings (SSSR count). The number of aromatic nitrogens is 3. The highest BCUT2D eigenvalue weighted by molar-refractivity contribution is 7.18. The fraction of sp³-hybridized carbons (Fsp3) is 0.467. The summed E-state index contributed by atoms with van der Waals surface area (Å²) in [6.45, 7) is 5.39. The molecule has 6 nitrogen and oxygen atoms in total. The third kappa shape index (κ3) is 5.83. The molecule has 2 aromatic heterocycles. The lowest BCUT2D eigenvalue weighted by Gasteiger charge is -2.35. The number of fused-ring (bicyclic) bond motifs is 1. The Balaban J connectivity index is 0.999. The first-order valence-electron chi connectivity index (χ1n) is 13.9. The fourth-order valence-corrected chi connectivity index (χ4v) is 7.01. The van der Waals surface area contributed by atoms with Gasteiger partial charge in [-0.15, -0.1) is 11.3 Å². The number of aliphatic hydroxyl groups excluding tert-OH is 1. The molecule has 2 aliphatic rings. The summed E-state index contributed by atoms with van der Waals surface area (Å²) >= 11 is 1.83. The summed E-state index contributed by atoms with van der Waals surface area (Å²) in [5.41, 5.74) is 5.03. The number of halogens is 1. The molecule has 8 heteroatoms. The molecule has 1 atom stereocenters. The summed E-state index contributed by atoms with van der Waals surface area (Å²) in [5, 5.41) is 19.7. The van der Waals surface area contributed by atoms with Crippen LogP contribution in [0.3, 0.4) is 0 Å². The van der Waals surface area contributed by atoms with Crippen LogP contribution in [0, 0.1) is 5.82 Å². The summed E-state index contributed by atoms with van der Waals surface area (Å²) in [7, 11) is 0. The Labute approximate surface area is 227 Å². The summed E-state index contributed by atoms with van der Waals surface area (Å²) in [4.78, 5) is 9.79. The number of hydrogen-bond donors (Lipinski definition) is 2. The zero-order valence-electron chi connectivity index (χ0n) is 21.8. The van der Waals surface area contributed by atoms with Gasteiger partial charge in [0.1, 0.15) is 5.82 Å². The van der Waals surface area contributed by atoms with E-state index in [1.807, 2.05) is 17.5 Å². The van der Waals surface area contributed by atoms with Gasteiger partial charge in [0, 0.05) is 63.4 Å². The maximum absolute atomic E-state index is 13.3. The summed E-state index contributed by atoms with van der Waals surface area (Å²) < 4.78 is 14.5. The van der Waals surface area contributed by atoms with Crippen LogP contribution >= 0.6 is 11.3 Å². The second kappa shape index (κ2) is 11.6. The number of thiazole rings is 1. The molecule has 3 heterocycles. The summed E-state index contributed by atoms with van der Waals surface area (Å²) in [6.07, 6.45) is 8.74. The van der Waals surface area contributed by atoms with E-state index in [-0.39, 0.29) is 5.82 Å². The van der Waals surface area contributed by atoms with Crippen LogP contribution in [0.1, 0.15) is 60.4 Å². The molecule has 1 saturated carbocycles. The minimum absolute atomic E-state index is 0.228. The average molecular weight is 534 g/mol. The smallest absolute Gasteiger partial charge is 0.123 e. The van der Waals surface area contributed by atoms with E-state index >= 15 is 0 Å². The van der Waals surface area contributed by atoms with Gasteiger partial charge < -0.3 is 10.0 Å². The van der Waals surface area contributed by atoms with Crippen molar-refractivity contribution in [1.29, 1.82) is 0 Å². The fourth-order valence-electron chi connectivity index (χ4n) is 5.89. The van der Waals surface area contributed by atoms with Crippen molar-refractivity contribution in [3.63, 3.8) is 0 Å². The lowest BCUT2D eigenvalue weighted by atomic mass is 9.90. The number of H-pyrrole nitrogens is 1. The van der Waals surface area contributed by atoms with E-state index in [1.54, 1.807) is 12.1 Å². The monoisotopic (exact) mass is 533 g/mol. The molecule has 1 aliphatic carbocycles. The van der Waals surface area contributed by atoms with E-state index in [1.165, 1.54) is 53.9 Å². The quantitative estimate of drug-likeness (QED) is 0.301. The molecule has 2 aromatic carbocycles. The van der Waals surface area contributed by atoms with Crippen molar-refractivity contribution in [2.75, 3.05) is 39.3 Å². The molecule has 0 radical (unpaired) electrons. The van der Waals surface area contributed by atoms with Crippen molar-refractivity contribution < 1.29 is 9.50 Å². The third-order valence-corrected chi connectivity index (χ3v) is 9.40. The number of aliphatic hydroxyl groups is 1. The SMILES string of the molecule is OC(CN1CCN(CCc2n[nH]cc2-c2ccc(F)cc2)CC1)c1ccc2sc(C3CCCCC3)nc2c1. The lowest BCUT2D eigenvalue weighted by molar-refractivity contribution is 0.0729. The van der Waals surface area contributed by atoms with Gasteiger partial charge in [-0.25, -0.2) is 9.37 Å².